The average Bonchev–Trinajstić information content (AvgIpc) is 2.45. The summed E-state index contributed by atoms with van der Waals surface area (Å²) in [5, 5.41) is 3.67. The molecule has 2 nitrogen and oxygen atoms in total. The normalized spacial score (nSPS) is 16.7. The van der Waals surface area contributed by atoms with Crippen LogP contribution in [0.1, 0.15) is 32.1 Å². The molecule has 1 aromatic rings. The lowest BCUT2D eigenvalue weighted by Gasteiger charge is -2.22. The minimum Gasteiger partial charge on any atom is -0.497 e. The van der Waals surface area contributed by atoms with Crippen molar-refractivity contribution in [2.75, 3.05) is 19.4 Å². The van der Waals surface area contributed by atoms with Crippen LogP contribution in [0.25, 0.3) is 0 Å². The van der Waals surface area contributed by atoms with E-state index in [9.17, 15) is 0 Å². The summed E-state index contributed by atoms with van der Waals surface area (Å²) in [6.07, 6.45) is 6.96. The van der Waals surface area contributed by atoms with Gasteiger partial charge in [0.2, 0.25) is 0 Å². The fraction of sp³-hybridized carbons (Fsp3) is 0.600. The lowest BCUT2D eigenvalue weighted by molar-refractivity contribution is 0.381. The fourth-order valence-electron chi connectivity index (χ4n) is 2.43. The third-order valence-electron chi connectivity index (χ3n) is 3.45. The molecule has 2 rings (SSSR count). The van der Waals surface area contributed by atoms with Gasteiger partial charge in [0.15, 0.2) is 0 Å². The van der Waals surface area contributed by atoms with Crippen molar-refractivity contribution in [3.63, 3.8) is 0 Å². The molecule has 18 heavy (non-hydrogen) atoms. The second kappa shape index (κ2) is 7.70. The lowest BCUT2D eigenvalue weighted by Crippen LogP contribution is -2.32. The molecule has 100 valence electrons. The van der Waals surface area contributed by atoms with Gasteiger partial charge in [0.1, 0.15) is 5.75 Å². The molecule has 0 atom stereocenters. The van der Waals surface area contributed by atoms with Crippen LogP contribution in [-0.2, 0) is 0 Å². The molecular formula is C15H23NOS. The van der Waals surface area contributed by atoms with Gasteiger partial charge in [-0.2, -0.15) is 0 Å². The molecule has 1 aliphatic carbocycles. The molecule has 0 heterocycles. The highest BCUT2D eigenvalue weighted by Crippen LogP contribution is 2.22. The molecule has 1 N–H and O–H groups in total. The predicted octanol–water partition coefficient (Wildman–Crippen LogP) is 3.71. The van der Waals surface area contributed by atoms with Gasteiger partial charge < -0.3 is 10.1 Å². The topological polar surface area (TPSA) is 21.3 Å². The van der Waals surface area contributed by atoms with Crippen molar-refractivity contribution in [1.29, 1.82) is 0 Å². The molecule has 0 saturated heterocycles. The van der Waals surface area contributed by atoms with Crippen molar-refractivity contribution in [3.05, 3.63) is 24.3 Å². The van der Waals surface area contributed by atoms with Gasteiger partial charge in [-0.3, -0.25) is 0 Å². The van der Waals surface area contributed by atoms with Gasteiger partial charge in [0.25, 0.3) is 0 Å². The average molecular weight is 265 g/mol. The molecule has 1 aromatic carbocycles. The van der Waals surface area contributed by atoms with Gasteiger partial charge in [-0.25, -0.2) is 0 Å². The van der Waals surface area contributed by atoms with E-state index in [2.05, 4.69) is 23.5 Å². The summed E-state index contributed by atoms with van der Waals surface area (Å²) in [5.41, 5.74) is 0. The third kappa shape index (κ3) is 4.54. The Balaban J connectivity index is 1.65. The van der Waals surface area contributed by atoms with Crippen LogP contribution in [0.2, 0.25) is 0 Å². The Morgan fingerprint density at radius 2 is 2.11 bits per heavy atom. The van der Waals surface area contributed by atoms with Crippen molar-refractivity contribution in [3.8, 4) is 5.75 Å². The Morgan fingerprint density at radius 3 is 2.89 bits per heavy atom. The Hall–Kier alpha value is -0.670. The Kier molecular flexibility index (Phi) is 5.88. The third-order valence-corrected chi connectivity index (χ3v) is 4.45. The van der Waals surface area contributed by atoms with Gasteiger partial charge in [-0.15, -0.1) is 11.8 Å². The molecule has 3 heteroatoms. The Labute approximate surface area is 114 Å². The smallest absolute Gasteiger partial charge is 0.119 e. The van der Waals surface area contributed by atoms with Gasteiger partial charge >= 0.3 is 0 Å². The summed E-state index contributed by atoms with van der Waals surface area (Å²) in [6.45, 7) is 1.10. The highest BCUT2D eigenvalue weighted by molar-refractivity contribution is 7.99. The van der Waals surface area contributed by atoms with Gasteiger partial charge in [0, 0.05) is 23.2 Å². The minimum atomic E-state index is 0.768. The van der Waals surface area contributed by atoms with Gasteiger partial charge in [-0.1, -0.05) is 25.3 Å². The summed E-state index contributed by atoms with van der Waals surface area (Å²) < 4.78 is 5.23. The molecule has 1 saturated carbocycles. The van der Waals surface area contributed by atoms with Crippen LogP contribution in [0.4, 0.5) is 0 Å². The maximum absolute atomic E-state index is 5.23. The number of thioether (sulfide) groups is 1. The molecule has 0 bridgehead atoms. The fourth-order valence-corrected chi connectivity index (χ4v) is 3.26. The summed E-state index contributed by atoms with van der Waals surface area (Å²) in [7, 11) is 1.72. The van der Waals surface area contributed by atoms with Crippen molar-refractivity contribution >= 4 is 11.8 Å². The van der Waals surface area contributed by atoms with Crippen LogP contribution in [0.5, 0.6) is 5.75 Å². The van der Waals surface area contributed by atoms with E-state index in [1.807, 2.05) is 17.8 Å². The summed E-state index contributed by atoms with van der Waals surface area (Å²) in [6, 6.07) is 9.06. The van der Waals surface area contributed by atoms with Crippen molar-refractivity contribution in [1.82, 2.24) is 5.32 Å². The zero-order valence-corrected chi connectivity index (χ0v) is 12.0. The largest absolute Gasteiger partial charge is 0.497 e. The van der Waals surface area contributed by atoms with E-state index in [1.54, 1.807) is 7.11 Å². The first-order chi connectivity index (χ1) is 8.88. The summed E-state index contributed by atoms with van der Waals surface area (Å²) >= 11 is 1.90. The summed E-state index contributed by atoms with van der Waals surface area (Å²) in [5.74, 6) is 2.07. The number of ether oxygens (including phenoxy) is 1. The number of benzene rings is 1. The molecule has 0 unspecified atom stereocenters. The second-order valence-corrected chi connectivity index (χ2v) is 5.98. The first-order valence-corrected chi connectivity index (χ1v) is 7.87. The van der Waals surface area contributed by atoms with E-state index in [1.165, 1.54) is 37.0 Å². The van der Waals surface area contributed by atoms with Crippen molar-refractivity contribution < 1.29 is 4.74 Å². The zero-order valence-electron chi connectivity index (χ0n) is 11.2. The molecule has 1 fully saturated rings. The molecule has 0 aromatic heterocycles. The molecule has 0 amide bonds. The van der Waals surface area contributed by atoms with E-state index < -0.39 is 0 Å². The van der Waals surface area contributed by atoms with E-state index in [0.29, 0.717) is 0 Å². The Bertz CT molecular complexity index is 350. The van der Waals surface area contributed by atoms with Gasteiger partial charge in [0.05, 0.1) is 7.11 Å². The maximum Gasteiger partial charge on any atom is 0.119 e. The molecule has 0 radical (unpaired) electrons. The number of rotatable bonds is 6. The van der Waals surface area contributed by atoms with Gasteiger partial charge in [-0.05, 0) is 31.0 Å². The van der Waals surface area contributed by atoms with Crippen molar-refractivity contribution in [2.45, 2.75) is 43.0 Å². The molecule has 0 spiro atoms. The Morgan fingerprint density at radius 1 is 1.28 bits per heavy atom. The van der Waals surface area contributed by atoms with Crippen LogP contribution in [0, 0.1) is 0 Å². The van der Waals surface area contributed by atoms with E-state index in [4.69, 9.17) is 4.74 Å². The quantitative estimate of drug-likeness (QED) is 0.626. The zero-order chi connectivity index (χ0) is 12.6. The standard InChI is InChI=1S/C15H23NOS/c1-17-14-8-5-9-15(12-14)18-11-10-16-13-6-3-2-4-7-13/h5,8-9,12-13,16H,2-4,6-7,10-11H2,1H3. The van der Waals surface area contributed by atoms with E-state index in [0.717, 1.165) is 24.1 Å². The van der Waals surface area contributed by atoms with E-state index >= 15 is 0 Å². The predicted molar refractivity (Wildman–Crippen MR) is 78.6 cm³/mol. The second-order valence-electron chi connectivity index (χ2n) is 4.82. The number of methoxy groups -OCH3 is 1. The SMILES string of the molecule is COc1cccc(SCCNC2CCCCC2)c1. The lowest BCUT2D eigenvalue weighted by atomic mass is 9.96. The number of hydrogen-bond acceptors (Lipinski definition) is 3. The van der Waals surface area contributed by atoms with Crippen LogP contribution in [0.15, 0.2) is 29.2 Å². The molecule has 0 aliphatic heterocycles. The maximum atomic E-state index is 5.23. The monoisotopic (exact) mass is 265 g/mol. The number of nitrogens with one attached hydrogen (secondary N) is 1. The summed E-state index contributed by atoms with van der Waals surface area (Å²) in [4.78, 5) is 1.29. The van der Waals surface area contributed by atoms with Crippen LogP contribution < -0.4 is 10.1 Å². The molecule has 1 aliphatic rings. The van der Waals surface area contributed by atoms with Crippen LogP contribution >= 0.6 is 11.8 Å². The highest BCUT2D eigenvalue weighted by Gasteiger charge is 2.11. The number of hydrogen-bond donors (Lipinski definition) is 1. The first-order valence-electron chi connectivity index (χ1n) is 6.89. The van der Waals surface area contributed by atoms with Crippen molar-refractivity contribution in [2.24, 2.45) is 0 Å². The van der Waals surface area contributed by atoms with Crippen LogP contribution in [-0.4, -0.2) is 25.4 Å². The highest BCUT2D eigenvalue weighted by atomic mass is 32.2. The van der Waals surface area contributed by atoms with E-state index in [-0.39, 0.29) is 0 Å². The first kappa shape index (κ1) is 13.8. The molecular weight excluding hydrogens is 242 g/mol. The minimum absolute atomic E-state index is 0.768. The van der Waals surface area contributed by atoms with Crippen LogP contribution in [0.3, 0.4) is 0 Å².